The lowest BCUT2D eigenvalue weighted by Gasteiger charge is -2.29. The number of nitrogens with one attached hydrogen (secondary N) is 4. The number of amides is 5. The third-order valence-electron chi connectivity index (χ3n) is 7.60. The first-order valence-electron chi connectivity index (χ1n) is 14.7. The molecule has 3 heterocycles. The number of carboxylic acids is 1. The molecule has 1 aromatic heterocycles. The molecule has 238 valence electrons. The molecule has 0 spiro atoms. The Hall–Kier alpha value is -5.14. The highest BCUT2D eigenvalue weighted by Crippen LogP contribution is 2.22. The van der Waals surface area contributed by atoms with E-state index in [0.29, 0.717) is 12.8 Å². The Bertz CT molecular complexity index is 1450. The van der Waals surface area contributed by atoms with Gasteiger partial charge in [-0.25, -0.2) is 9.18 Å². The Labute approximate surface area is 258 Å². The summed E-state index contributed by atoms with van der Waals surface area (Å²) in [6.45, 7) is 0.122. The van der Waals surface area contributed by atoms with Crippen LogP contribution < -0.4 is 21.3 Å². The van der Waals surface area contributed by atoms with Gasteiger partial charge >= 0.3 is 5.97 Å². The largest absolute Gasteiger partial charge is 0.480 e. The predicted molar refractivity (Wildman–Crippen MR) is 159 cm³/mol. The summed E-state index contributed by atoms with van der Waals surface area (Å²) in [5, 5.41) is 20.2. The van der Waals surface area contributed by atoms with Crippen molar-refractivity contribution in [1.29, 1.82) is 0 Å². The van der Waals surface area contributed by atoms with Crippen LogP contribution in [-0.2, 0) is 24.0 Å². The van der Waals surface area contributed by atoms with E-state index < -0.39 is 59.6 Å². The molecule has 5 N–H and O–H groups in total. The summed E-state index contributed by atoms with van der Waals surface area (Å²) >= 11 is 0. The molecule has 2 aliphatic heterocycles. The van der Waals surface area contributed by atoms with Crippen molar-refractivity contribution in [2.45, 2.75) is 62.7 Å². The molecule has 4 rings (SSSR count). The molecule has 0 bridgehead atoms. The summed E-state index contributed by atoms with van der Waals surface area (Å²) in [5.74, 6) is -5.32. The van der Waals surface area contributed by atoms with Gasteiger partial charge in [0.05, 0.1) is 11.8 Å². The van der Waals surface area contributed by atoms with Crippen molar-refractivity contribution in [2.24, 2.45) is 0 Å². The average Bonchev–Trinajstić information content (AvgIpc) is 3.44. The Balaban J connectivity index is 1.59. The van der Waals surface area contributed by atoms with Crippen LogP contribution in [0, 0.1) is 5.82 Å². The molecule has 2 aromatic rings. The zero-order valence-electron chi connectivity index (χ0n) is 24.4. The number of fused-ring (bicyclic) bond motifs is 1. The van der Waals surface area contributed by atoms with Crippen LogP contribution in [-0.4, -0.2) is 87.8 Å². The molecule has 1 aromatic carbocycles. The van der Waals surface area contributed by atoms with Gasteiger partial charge in [0.25, 0.3) is 5.91 Å². The van der Waals surface area contributed by atoms with Gasteiger partial charge < -0.3 is 31.3 Å². The maximum Gasteiger partial charge on any atom is 0.326 e. The highest BCUT2D eigenvalue weighted by molar-refractivity contribution is 5.98. The molecule has 2 saturated heterocycles. The lowest BCUT2D eigenvalue weighted by Crippen LogP contribution is -2.55. The first-order chi connectivity index (χ1) is 21.6. The second-order valence-electron chi connectivity index (χ2n) is 10.9. The van der Waals surface area contributed by atoms with Crippen LogP contribution in [0.5, 0.6) is 0 Å². The fourth-order valence-corrected chi connectivity index (χ4v) is 5.26. The number of halogens is 1. The fraction of sp³-hybridized carbons (Fsp3) is 0.387. The molecular formula is C31H35FN6O7. The van der Waals surface area contributed by atoms with Crippen molar-refractivity contribution in [3.8, 4) is 0 Å². The number of hydrogen-bond donors (Lipinski definition) is 5. The van der Waals surface area contributed by atoms with Crippen molar-refractivity contribution < 1.29 is 38.3 Å². The van der Waals surface area contributed by atoms with E-state index in [0.717, 1.165) is 11.8 Å². The third-order valence-corrected chi connectivity index (χ3v) is 7.60. The second-order valence-corrected chi connectivity index (χ2v) is 10.9. The van der Waals surface area contributed by atoms with Crippen LogP contribution in [0.3, 0.4) is 0 Å². The molecule has 2 aliphatic rings. The molecule has 0 aliphatic carbocycles. The first-order valence-corrected chi connectivity index (χ1v) is 14.7. The second kappa shape index (κ2) is 15.5. The highest BCUT2D eigenvalue weighted by atomic mass is 19.1. The summed E-state index contributed by atoms with van der Waals surface area (Å²) < 4.78 is 14.2. The molecule has 0 unspecified atom stereocenters. The average molecular weight is 623 g/mol. The van der Waals surface area contributed by atoms with Gasteiger partial charge in [-0.05, 0) is 49.8 Å². The van der Waals surface area contributed by atoms with Crippen LogP contribution in [0.4, 0.5) is 4.39 Å². The summed E-state index contributed by atoms with van der Waals surface area (Å²) in [6.07, 6.45) is 5.68. The Morgan fingerprint density at radius 3 is 2.56 bits per heavy atom. The third kappa shape index (κ3) is 9.17. The maximum atomic E-state index is 14.2. The van der Waals surface area contributed by atoms with Gasteiger partial charge in [0, 0.05) is 37.8 Å². The minimum absolute atomic E-state index is 0.0998. The molecule has 13 nitrogen and oxygen atoms in total. The van der Waals surface area contributed by atoms with Crippen molar-refractivity contribution >= 4 is 41.6 Å². The summed E-state index contributed by atoms with van der Waals surface area (Å²) in [6, 6.07) is 5.75. The van der Waals surface area contributed by atoms with E-state index in [1.54, 1.807) is 18.2 Å². The number of carbonyl (C=O) groups excluding carboxylic acids is 5. The summed E-state index contributed by atoms with van der Waals surface area (Å²) in [5.41, 5.74) is 0.495. The maximum absolute atomic E-state index is 14.2. The molecule has 0 radical (unpaired) electrons. The van der Waals surface area contributed by atoms with Crippen molar-refractivity contribution in [1.82, 2.24) is 31.2 Å². The van der Waals surface area contributed by atoms with Gasteiger partial charge in [0.2, 0.25) is 23.6 Å². The van der Waals surface area contributed by atoms with E-state index in [2.05, 4.69) is 26.3 Å². The number of rotatable bonds is 6. The quantitative estimate of drug-likeness (QED) is 0.292. The van der Waals surface area contributed by atoms with Gasteiger partial charge in [0.1, 0.15) is 18.1 Å². The standard InChI is InChI=1S/C31H35FN6O7/c32-22-17-33-15-13-21(22)28(41)35-20-16-25-29(42)37-24(31(44)45)10-12-26(39)34-14-5-4-8-23(30(43)38(25)18-20)36-27(40)11-9-19-6-2-1-3-7-19/h1-3,6-7,9,11,13,15,17,20,23-25H,4-5,8,10,12,14,16,18H2,(H,34,39)(H,35,41)(H,36,40)(H,37,42)(H,44,45)/t20-,23+,24+,25+/m1/s1. The highest BCUT2D eigenvalue weighted by Gasteiger charge is 2.43. The van der Waals surface area contributed by atoms with Crippen molar-refractivity contribution in [3.05, 3.63) is 71.8 Å². The molecular weight excluding hydrogens is 587 g/mol. The molecule has 4 atom stereocenters. The van der Waals surface area contributed by atoms with E-state index in [1.165, 1.54) is 23.2 Å². The van der Waals surface area contributed by atoms with E-state index in [4.69, 9.17) is 0 Å². The fourth-order valence-electron chi connectivity index (χ4n) is 5.26. The van der Waals surface area contributed by atoms with Gasteiger partial charge in [-0.1, -0.05) is 30.3 Å². The molecule has 5 amide bonds. The van der Waals surface area contributed by atoms with Gasteiger partial charge in [-0.3, -0.25) is 29.0 Å². The zero-order chi connectivity index (χ0) is 32.3. The first kappa shape index (κ1) is 32.8. The van der Waals surface area contributed by atoms with Crippen LogP contribution in [0.25, 0.3) is 6.08 Å². The summed E-state index contributed by atoms with van der Waals surface area (Å²) in [4.78, 5) is 82.2. The number of pyridine rings is 1. The number of benzene rings is 1. The Morgan fingerprint density at radius 1 is 1.04 bits per heavy atom. The van der Waals surface area contributed by atoms with Gasteiger partial charge in [-0.2, -0.15) is 0 Å². The van der Waals surface area contributed by atoms with Crippen LogP contribution in [0.1, 0.15) is 54.4 Å². The zero-order valence-corrected chi connectivity index (χ0v) is 24.4. The monoisotopic (exact) mass is 622 g/mol. The number of carboxylic acid groups (broad SMARTS) is 1. The number of carbonyl (C=O) groups is 6. The predicted octanol–water partition coefficient (Wildman–Crippen LogP) is 0.768. The van der Waals surface area contributed by atoms with Crippen molar-refractivity contribution in [3.63, 3.8) is 0 Å². The lowest BCUT2D eigenvalue weighted by molar-refractivity contribution is -0.145. The van der Waals surface area contributed by atoms with E-state index in [-0.39, 0.29) is 50.2 Å². The molecule has 14 heteroatoms. The van der Waals surface area contributed by atoms with E-state index in [1.807, 2.05) is 18.2 Å². The van der Waals surface area contributed by atoms with E-state index in [9.17, 15) is 38.3 Å². The molecule has 2 fully saturated rings. The number of nitrogens with zero attached hydrogens (tertiary/aromatic N) is 2. The minimum atomic E-state index is -1.41. The molecule has 45 heavy (non-hydrogen) atoms. The number of hydrogen-bond acceptors (Lipinski definition) is 7. The smallest absolute Gasteiger partial charge is 0.326 e. The topological polar surface area (TPSA) is 187 Å². The van der Waals surface area contributed by atoms with Crippen LogP contribution in [0.15, 0.2) is 54.9 Å². The van der Waals surface area contributed by atoms with Gasteiger partial charge in [0.15, 0.2) is 5.82 Å². The van der Waals surface area contributed by atoms with Crippen LogP contribution in [0.2, 0.25) is 0 Å². The van der Waals surface area contributed by atoms with Gasteiger partial charge in [-0.15, -0.1) is 0 Å². The Kier molecular flexibility index (Phi) is 11.3. The normalized spacial score (nSPS) is 23.2. The van der Waals surface area contributed by atoms with E-state index >= 15 is 0 Å². The van der Waals surface area contributed by atoms with Crippen LogP contribution >= 0.6 is 0 Å². The lowest BCUT2D eigenvalue weighted by atomic mass is 10.1. The Morgan fingerprint density at radius 2 is 1.82 bits per heavy atom. The summed E-state index contributed by atoms with van der Waals surface area (Å²) in [7, 11) is 0. The minimum Gasteiger partial charge on any atom is -0.480 e. The number of aromatic nitrogens is 1. The SMILES string of the molecule is O=C(C=Cc1ccccc1)N[C@H]1CCCCNC(=O)CC[C@@H](C(=O)O)NC(=O)[C@@H]2C[C@@H](NC(=O)c3ccncc3F)CN2C1=O. The number of aliphatic carboxylic acids is 1. The van der Waals surface area contributed by atoms with Crippen molar-refractivity contribution in [2.75, 3.05) is 13.1 Å². The molecule has 0 saturated carbocycles.